The van der Waals surface area contributed by atoms with Crippen LogP contribution in [0.3, 0.4) is 0 Å². The molecule has 0 amide bonds. The van der Waals surface area contributed by atoms with E-state index >= 15 is 0 Å². The van der Waals surface area contributed by atoms with Gasteiger partial charge >= 0.3 is 13.6 Å². The first-order valence-corrected chi connectivity index (χ1v) is 10.5. The van der Waals surface area contributed by atoms with Crippen LogP contribution in [0.1, 0.15) is 19.4 Å². The predicted molar refractivity (Wildman–Crippen MR) is 107 cm³/mol. The fourth-order valence-electron chi connectivity index (χ4n) is 2.14. The van der Waals surface area contributed by atoms with E-state index in [0.29, 0.717) is 16.3 Å². The summed E-state index contributed by atoms with van der Waals surface area (Å²) in [5, 5.41) is 4.26. The summed E-state index contributed by atoms with van der Waals surface area (Å²) < 4.78 is 29.1. The number of oxime groups is 1. The Balaban J connectivity index is 2.21. The number of halogens is 1. The largest absolute Gasteiger partial charge is 0.482 e. The zero-order valence-corrected chi connectivity index (χ0v) is 17.2. The standard InChI is InChI=1S/C19H21ClNO6P/c1-3-25-28(23,26-4-2)19(15-10-12-16(20)13-11-15)21-27-18(22)14-24-17-8-6-5-7-9-17/h5-13H,3-4,14H2,1-2H3. The summed E-state index contributed by atoms with van der Waals surface area (Å²) >= 11 is 5.91. The molecule has 0 radical (unpaired) electrons. The molecule has 0 saturated carbocycles. The fourth-order valence-corrected chi connectivity index (χ4v) is 3.87. The molecule has 0 bridgehead atoms. The molecule has 2 rings (SSSR count). The van der Waals surface area contributed by atoms with Gasteiger partial charge in [0.2, 0.25) is 0 Å². The van der Waals surface area contributed by atoms with Crippen LogP contribution in [0.15, 0.2) is 59.8 Å². The van der Waals surface area contributed by atoms with Crippen molar-refractivity contribution in [2.24, 2.45) is 5.16 Å². The van der Waals surface area contributed by atoms with Gasteiger partial charge in [0.15, 0.2) is 12.1 Å². The van der Waals surface area contributed by atoms with Crippen molar-refractivity contribution in [1.29, 1.82) is 0 Å². The third kappa shape index (κ3) is 6.46. The molecule has 28 heavy (non-hydrogen) atoms. The number of benzene rings is 2. The molecule has 0 unspecified atom stereocenters. The van der Waals surface area contributed by atoms with Gasteiger partial charge < -0.3 is 18.6 Å². The SMILES string of the molecule is CCOP(=O)(OCC)C(=NOC(=O)COc1ccccc1)c1ccc(Cl)cc1. The minimum atomic E-state index is -3.81. The maximum Gasteiger partial charge on any atom is 0.383 e. The molecule has 0 aliphatic carbocycles. The van der Waals surface area contributed by atoms with Crippen molar-refractivity contribution >= 4 is 30.6 Å². The van der Waals surface area contributed by atoms with Crippen molar-refractivity contribution in [2.75, 3.05) is 19.8 Å². The lowest BCUT2D eigenvalue weighted by Crippen LogP contribution is -2.15. The number of carbonyl (C=O) groups is 1. The first-order valence-electron chi connectivity index (χ1n) is 8.59. The quantitative estimate of drug-likeness (QED) is 0.233. The van der Waals surface area contributed by atoms with E-state index in [0.717, 1.165) is 0 Å². The molecular formula is C19H21ClNO6P. The van der Waals surface area contributed by atoms with E-state index in [4.69, 9.17) is 30.2 Å². The second-order valence-electron chi connectivity index (χ2n) is 5.32. The van der Waals surface area contributed by atoms with Crippen molar-refractivity contribution in [3.8, 4) is 5.75 Å². The van der Waals surface area contributed by atoms with Gasteiger partial charge in [0.1, 0.15) is 5.75 Å². The Morgan fingerprint density at radius 1 is 1.00 bits per heavy atom. The van der Waals surface area contributed by atoms with E-state index in [-0.39, 0.29) is 25.3 Å². The van der Waals surface area contributed by atoms with Gasteiger partial charge in [0.05, 0.1) is 13.2 Å². The van der Waals surface area contributed by atoms with Gasteiger partial charge in [-0.2, -0.15) is 0 Å². The maximum absolute atomic E-state index is 13.2. The van der Waals surface area contributed by atoms with Crippen LogP contribution in [0.25, 0.3) is 0 Å². The Bertz CT molecular complexity index is 831. The predicted octanol–water partition coefficient (Wildman–Crippen LogP) is 4.89. The second kappa shape index (κ2) is 11.0. The Kier molecular flexibility index (Phi) is 8.67. The Labute approximate surface area is 168 Å². The minimum Gasteiger partial charge on any atom is -0.482 e. The molecule has 0 N–H and O–H groups in total. The molecule has 0 saturated heterocycles. The smallest absolute Gasteiger partial charge is 0.383 e. The number of ether oxygens (including phenoxy) is 1. The average Bonchev–Trinajstić information content (AvgIpc) is 2.69. The molecule has 2 aromatic rings. The monoisotopic (exact) mass is 425 g/mol. The fraction of sp³-hybridized carbons (Fsp3) is 0.263. The highest BCUT2D eigenvalue weighted by Gasteiger charge is 2.34. The van der Waals surface area contributed by atoms with Crippen LogP contribution in [-0.4, -0.2) is 31.2 Å². The van der Waals surface area contributed by atoms with Crippen LogP contribution in [0.4, 0.5) is 0 Å². The van der Waals surface area contributed by atoms with Gasteiger partial charge in [-0.1, -0.05) is 47.1 Å². The topological polar surface area (TPSA) is 83.4 Å². The summed E-state index contributed by atoms with van der Waals surface area (Å²) in [6.07, 6.45) is 0. The molecule has 0 aromatic heterocycles. The molecule has 0 heterocycles. The van der Waals surface area contributed by atoms with E-state index in [1.807, 2.05) is 6.07 Å². The third-order valence-electron chi connectivity index (χ3n) is 3.29. The second-order valence-corrected chi connectivity index (χ2v) is 7.69. The van der Waals surface area contributed by atoms with Crippen LogP contribution in [0.5, 0.6) is 5.75 Å². The van der Waals surface area contributed by atoms with Crippen molar-refractivity contribution < 1.29 is 28.0 Å². The molecule has 150 valence electrons. The highest BCUT2D eigenvalue weighted by molar-refractivity contribution is 7.73. The lowest BCUT2D eigenvalue weighted by molar-refractivity contribution is -0.145. The molecule has 0 atom stereocenters. The summed E-state index contributed by atoms with van der Waals surface area (Å²) in [5.74, 6) is -0.259. The van der Waals surface area contributed by atoms with Crippen molar-refractivity contribution in [2.45, 2.75) is 13.8 Å². The number of para-hydroxylation sites is 1. The number of carbonyl (C=O) groups excluding carboxylic acids is 1. The van der Waals surface area contributed by atoms with E-state index in [2.05, 4.69) is 5.16 Å². The number of rotatable bonds is 10. The number of hydrogen-bond acceptors (Lipinski definition) is 7. The van der Waals surface area contributed by atoms with Gasteiger partial charge in [-0.25, -0.2) is 4.79 Å². The molecule has 0 aliphatic heterocycles. The third-order valence-corrected chi connectivity index (χ3v) is 5.60. The van der Waals surface area contributed by atoms with Gasteiger partial charge in [0, 0.05) is 10.6 Å². The number of nitrogens with zero attached hydrogens (tertiary/aromatic N) is 1. The highest BCUT2D eigenvalue weighted by atomic mass is 35.5. The summed E-state index contributed by atoms with van der Waals surface area (Å²) in [4.78, 5) is 16.9. The van der Waals surface area contributed by atoms with E-state index < -0.39 is 13.6 Å². The van der Waals surface area contributed by atoms with Crippen molar-refractivity contribution in [1.82, 2.24) is 0 Å². The molecule has 7 nitrogen and oxygen atoms in total. The van der Waals surface area contributed by atoms with E-state index in [9.17, 15) is 9.36 Å². The van der Waals surface area contributed by atoms with E-state index in [1.54, 1.807) is 62.4 Å². The maximum atomic E-state index is 13.2. The van der Waals surface area contributed by atoms with Crippen molar-refractivity contribution in [3.05, 3.63) is 65.2 Å². The summed E-state index contributed by atoms with van der Waals surface area (Å²) in [5.41, 5.74) is 0.271. The zero-order chi connectivity index (χ0) is 20.4. The van der Waals surface area contributed by atoms with Crippen LogP contribution < -0.4 is 4.74 Å². The first-order chi connectivity index (χ1) is 13.5. The summed E-state index contributed by atoms with van der Waals surface area (Å²) in [7, 11) is -3.81. The summed E-state index contributed by atoms with van der Waals surface area (Å²) in [6, 6.07) is 15.1. The lowest BCUT2D eigenvalue weighted by atomic mass is 10.2. The van der Waals surface area contributed by atoms with Gasteiger partial charge in [-0.15, -0.1) is 0 Å². The molecule has 2 aromatic carbocycles. The van der Waals surface area contributed by atoms with Crippen LogP contribution in [0.2, 0.25) is 5.02 Å². The van der Waals surface area contributed by atoms with Crippen molar-refractivity contribution in [3.63, 3.8) is 0 Å². The summed E-state index contributed by atoms with van der Waals surface area (Å²) in [6.45, 7) is 3.22. The highest BCUT2D eigenvalue weighted by Crippen LogP contribution is 2.51. The molecule has 0 spiro atoms. The zero-order valence-electron chi connectivity index (χ0n) is 15.5. The molecule has 9 heteroatoms. The first kappa shape index (κ1) is 22.1. The number of hydrogen-bond donors (Lipinski definition) is 0. The van der Waals surface area contributed by atoms with Crippen LogP contribution in [-0.2, 0) is 23.2 Å². The van der Waals surface area contributed by atoms with E-state index in [1.165, 1.54) is 0 Å². The molecule has 0 fully saturated rings. The average molecular weight is 426 g/mol. The van der Waals surface area contributed by atoms with Gasteiger partial charge in [-0.3, -0.25) is 4.57 Å². The molecular weight excluding hydrogens is 405 g/mol. The Morgan fingerprint density at radius 3 is 2.18 bits per heavy atom. The normalized spacial score (nSPS) is 11.9. The lowest BCUT2D eigenvalue weighted by Gasteiger charge is -2.18. The van der Waals surface area contributed by atoms with Crippen LogP contribution in [0, 0.1) is 0 Å². The van der Waals surface area contributed by atoms with Gasteiger partial charge in [-0.05, 0) is 38.1 Å². The minimum absolute atomic E-state index is 0.120. The van der Waals surface area contributed by atoms with Gasteiger partial charge in [0.25, 0.3) is 0 Å². The molecule has 0 aliphatic rings. The Hall–Kier alpha value is -2.18. The van der Waals surface area contributed by atoms with Crippen LogP contribution >= 0.6 is 19.2 Å². The Morgan fingerprint density at radius 2 is 1.61 bits per heavy atom.